The monoisotopic (exact) mass is 542 g/mol. The van der Waals surface area contributed by atoms with Crippen LogP contribution in [0.3, 0.4) is 0 Å². The fourth-order valence-corrected chi connectivity index (χ4v) is 4.90. The Morgan fingerprint density at radius 1 is 1.10 bits per heavy atom. The van der Waals surface area contributed by atoms with E-state index >= 15 is 0 Å². The molecule has 3 heterocycles. The molecule has 2 saturated heterocycles. The van der Waals surface area contributed by atoms with Crippen molar-refractivity contribution in [1.82, 2.24) is 14.9 Å². The number of nitrogens with one attached hydrogen (secondary N) is 1. The predicted octanol–water partition coefficient (Wildman–Crippen LogP) is 4.00. The van der Waals surface area contributed by atoms with Crippen LogP contribution >= 0.6 is 0 Å². The van der Waals surface area contributed by atoms with Gasteiger partial charge in [-0.2, -0.15) is 5.26 Å². The maximum atomic E-state index is 12.4. The minimum atomic E-state index is -0.450. The van der Waals surface area contributed by atoms with E-state index in [0.717, 1.165) is 43.2 Å². The summed E-state index contributed by atoms with van der Waals surface area (Å²) in [4.78, 5) is 25.5. The Kier molecular flexibility index (Phi) is 8.74. The molecule has 10 nitrogen and oxygen atoms in total. The van der Waals surface area contributed by atoms with Crippen LogP contribution in [-0.2, 0) is 14.3 Å². The highest BCUT2D eigenvalue weighted by atomic mass is 16.5. The van der Waals surface area contributed by atoms with E-state index in [9.17, 15) is 10.1 Å². The molecule has 1 N–H and O–H groups in total. The Morgan fingerprint density at radius 3 is 2.55 bits per heavy atom. The molecule has 2 aromatic carbocycles. The van der Waals surface area contributed by atoms with Crippen molar-refractivity contribution in [2.75, 3.05) is 56.7 Å². The normalized spacial score (nSPS) is 16.7. The van der Waals surface area contributed by atoms with Crippen LogP contribution < -0.4 is 15.0 Å². The van der Waals surface area contributed by atoms with Crippen LogP contribution in [0, 0.1) is 11.3 Å². The molecule has 1 atom stereocenters. The van der Waals surface area contributed by atoms with Crippen molar-refractivity contribution in [3.05, 3.63) is 60.3 Å². The number of benzene rings is 2. The smallest absolute Gasteiger partial charge is 0.251 e. The van der Waals surface area contributed by atoms with Gasteiger partial charge in [-0.3, -0.25) is 4.79 Å². The molecule has 0 unspecified atom stereocenters. The van der Waals surface area contributed by atoms with Gasteiger partial charge in [-0.05, 0) is 55.5 Å². The van der Waals surface area contributed by atoms with Crippen LogP contribution in [0.1, 0.15) is 25.3 Å². The molecule has 208 valence electrons. The summed E-state index contributed by atoms with van der Waals surface area (Å²) < 4.78 is 16.8. The Bertz CT molecular complexity index is 1350. The molecule has 5 rings (SSSR count). The number of amides is 1. The number of ether oxygens (including phenoxy) is 3. The van der Waals surface area contributed by atoms with E-state index in [1.165, 1.54) is 7.11 Å². The third-order valence-corrected chi connectivity index (χ3v) is 7.30. The van der Waals surface area contributed by atoms with Crippen LogP contribution in [-0.4, -0.2) is 79.5 Å². The van der Waals surface area contributed by atoms with Crippen LogP contribution in [0.4, 0.5) is 17.3 Å². The number of hydrogen-bond acceptors (Lipinski definition) is 9. The Labute approximate surface area is 234 Å². The molecule has 1 amide bonds. The maximum Gasteiger partial charge on any atom is 0.251 e. The summed E-state index contributed by atoms with van der Waals surface area (Å²) in [5.41, 5.74) is 3.99. The van der Waals surface area contributed by atoms with Crippen LogP contribution in [0.2, 0.25) is 0 Å². The average Bonchev–Trinajstić information content (AvgIpc) is 3.02. The molecule has 10 heteroatoms. The third-order valence-electron chi connectivity index (χ3n) is 7.30. The van der Waals surface area contributed by atoms with E-state index in [0.29, 0.717) is 48.9 Å². The van der Waals surface area contributed by atoms with Gasteiger partial charge in [0.25, 0.3) is 5.91 Å². The van der Waals surface area contributed by atoms with Gasteiger partial charge >= 0.3 is 0 Å². The lowest BCUT2D eigenvalue weighted by atomic mass is 10.1. The van der Waals surface area contributed by atoms with Crippen LogP contribution in [0.5, 0.6) is 5.75 Å². The van der Waals surface area contributed by atoms with E-state index in [-0.39, 0.29) is 12.0 Å². The van der Waals surface area contributed by atoms with Gasteiger partial charge in [-0.1, -0.05) is 0 Å². The number of carbonyl (C=O) groups excluding carboxylic acids is 1. The lowest BCUT2D eigenvalue weighted by Crippen LogP contribution is -2.45. The minimum Gasteiger partial charge on any atom is -0.489 e. The minimum absolute atomic E-state index is 0.00766. The molecule has 3 aromatic rings. The van der Waals surface area contributed by atoms with Gasteiger partial charge in [0.15, 0.2) is 0 Å². The van der Waals surface area contributed by atoms with Gasteiger partial charge in [-0.25, -0.2) is 9.97 Å². The van der Waals surface area contributed by atoms with Crippen molar-refractivity contribution >= 4 is 23.2 Å². The SMILES string of the molecule is CO[C@@H](C)C(=O)N1CCC(Oc2ccc(-c3ccnc(Nc4ccc(N5CCOCC5)cc4)n3)cc2C#N)CC1. The first-order valence-electron chi connectivity index (χ1n) is 13.6. The maximum absolute atomic E-state index is 12.4. The summed E-state index contributed by atoms with van der Waals surface area (Å²) in [5, 5.41) is 13.1. The number of piperidine rings is 1. The molecule has 0 bridgehead atoms. The molecule has 0 radical (unpaired) electrons. The van der Waals surface area contributed by atoms with Crippen molar-refractivity contribution in [2.45, 2.75) is 32.0 Å². The Hall–Kier alpha value is -4.20. The number of likely N-dealkylation sites (tertiary alicyclic amines) is 1. The number of methoxy groups -OCH3 is 1. The zero-order chi connectivity index (χ0) is 27.9. The molecule has 40 heavy (non-hydrogen) atoms. The number of anilines is 3. The Morgan fingerprint density at radius 2 is 1.85 bits per heavy atom. The molecule has 0 spiro atoms. The molecule has 2 aliphatic rings. The van der Waals surface area contributed by atoms with Gasteiger partial charge in [0.2, 0.25) is 5.95 Å². The first kappa shape index (κ1) is 27.4. The van der Waals surface area contributed by atoms with Gasteiger partial charge in [-0.15, -0.1) is 0 Å². The second kappa shape index (κ2) is 12.8. The van der Waals surface area contributed by atoms with E-state index in [2.05, 4.69) is 38.4 Å². The molecular weight excluding hydrogens is 508 g/mol. The first-order chi connectivity index (χ1) is 19.5. The summed E-state index contributed by atoms with van der Waals surface area (Å²) in [6.07, 6.45) is 2.58. The standard InChI is InChI=1S/C30H34N6O4/c1-21(38-2)29(37)36-13-10-26(11-14-36)40-28-8-3-22(19-23(28)20-31)27-9-12-32-30(34-27)33-24-4-6-25(7-5-24)35-15-17-39-18-16-35/h3-9,12,19,21,26H,10-11,13-18H2,1-2H3,(H,32,33,34)/t21-/m0/s1. The highest BCUT2D eigenvalue weighted by molar-refractivity contribution is 5.80. The van der Waals surface area contributed by atoms with Gasteiger partial charge in [0.1, 0.15) is 24.0 Å². The van der Waals surface area contributed by atoms with Gasteiger partial charge < -0.3 is 29.3 Å². The molecule has 2 aliphatic heterocycles. The predicted molar refractivity (Wildman–Crippen MR) is 152 cm³/mol. The van der Waals surface area contributed by atoms with E-state index in [4.69, 9.17) is 14.2 Å². The summed E-state index contributed by atoms with van der Waals surface area (Å²) in [6.45, 7) is 6.23. The average molecular weight is 543 g/mol. The number of aromatic nitrogens is 2. The van der Waals surface area contributed by atoms with E-state index in [1.54, 1.807) is 19.2 Å². The zero-order valence-electron chi connectivity index (χ0n) is 22.9. The largest absolute Gasteiger partial charge is 0.489 e. The van der Waals surface area contributed by atoms with Crippen molar-refractivity contribution in [3.8, 4) is 23.1 Å². The number of nitriles is 1. The Balaban J connectivity index is 1.22. The molecule has 0 saturated carbocycles. The van der Waals surface area contributed by atoms with Gasteiger partial charge in [0, 0.05) is 69.3 Å². The van der Waals surface area contributed by atoms with Crippen LogP contribution in [0.15, 0.2) is 54.7 Å². The van der Waals surface area contributed by atoms with Crippen LogP contribution in [0.25, 0.3) is 11.3 Å². The summed E-state index contributed by atoms with van der Waals surface area (Å²) in [6, 6.07) is 17.8. The van der Waals surface area contributed by atoms with E-state index in [1.807, 2.05) is 35.2 Å². The number of nitrogens with zero attached hydrogens (tertiary/aromatic N) is 5. The first-order valence-corrected chi connectivity index (χ1v) is 13.6. The highest BCUT2D eigenvalue weighted by Crippen LogP contribution is 2.29. The van der Waals surface area contributed by atoms with Crippen molar-refractivity contribution in [2.24, 2.45) is 0 Å². The van der Waals surface area contributed by atoms with Crippen molar-refractivity contribution < 1.29 is 19.0 Å². The molecule has 1 aromatic heterocycles. The number of hydrogen-bond donors (Lipinski definition) is 1. The summed E-state index contributed by atoms with van der Waals surface area (Å²) in [7, 11) is 1.54. The second-order valence-corrected chi connectivity index (χ2v) is 9.88. The topological polar surface area (TPSA) is 113 Å². The van der Waals surface area contributed by atoms with Crippen molar-refractivity contribution in [3.63, 3.8) is 0 Å². The third kappa shape index (κ3) is 6.50. The number of carbonyl (C=O) groups is 1. The second-order valence-electron chi connectivity index (χ2n) is 9.88. The molecular formula is C30H34N6O4. The lowest BCUT2D eigenvalue weighted by molar-refractivity contribution is -0.142. The summed E-state index contributed by atoms with van der Waals surface area (Å²) in [5.74, 6) is 1.00. The molecule has 2 fully saturated rings. The number of rotatable bonds is 8. The zero-order valence-corrected chi connectivity index (χ0v) is 22.9. The fraction of sp³-hybridized carbons (Fsp3) is 0.400. The summed E-state index contributed by atoms with van der Waals surface area (Å²) >= 11 is 0. The van der Waals surface area contributed by atoms with Gasteiger partial charge in [0.05, 0.1) is 24.5 Å². The van der Waals surface area contributed by atoms with E-state index < -0.39 is 6.10 Å². The fourth-order valence-electron chi connectivity index (χ4n) is 4.90. The quantitative estimate of drug-likeness (QED) is 0.451. The highest BCUT2D eigenvalue weighted by Gasteiger charge is 2.27. The molecule has 0 aliphatic carbocycles. The van der Waals surface area contributed by atoms with Crippen molar-refractivity contribution in [1.29, 1.82) is 5.26 Å². The number of morpholine rings is 1. The lowest BCUT2D eigenvalue weighted by Gasteiger charge is -2.33.